The molecule has 3 rings (SSSR count). The third-order valence-corrected chi connectivity index (χ3v) is 4.85. The highest BCUT2D eigenvalue weighted by Crippen LogP contribution is 2.36. The van der Waals surface area contributed by atoms with E-state index in [-0.39, 0.29) is 12.4 Å². The summed E-state index contributed by atoms with van der Waals surface area (Å²) in [6.07, 6.45) is 0. The number of halogens is 1. The monoisotopic (exact) mass is 406 g/mol. The van der Waals surface area contributed by atoms with Crippen molar-refractivity contribution in [2.45, 2.75) is 25.0 Å². The number of nitrogens with zero attached hydrogens (tertiary/aromatic N) is 3. The van der Waals surface area contributed by atoms with Crippen LogP contribution in [-0.4, -0.2) is 46.2 Å². The van der Waals surface area contributed by atoms with Crippen LogP contribution in [-0.2, 0) is 19.1 Å². The molecule has 0 spiro atoms. The van der Waals surface area contributed by atoms with Gasteiger partial charge < -0.3 is 14.8 Å². The summed E-state index contributed by atoms with van der Waals surface area (Å²) in [5, 5.41) is 7.76. The number of carbonyl (C=O) groups is 2. The van der Waals surface area contributed by atoms with E-state index in [4.69, 9.17) is 4.74 Å². The van der Waals surface area contributed by atoms with Gasteiger partial charge in [-0.25, -0.2) is 13.9 Å². The van der Waals surface area contributed by atoms with Crippen molar-refractivity contribution >= 4 is 29.6 Å². The van der Waals surface area contributed by atoms with Gasteiger partial charge in [0, 0.05) is 5.70 Å². The van der Waals surface area contributed by atoms with Gasteiger partial charge in [-0.3, -0.25) is 4.79 Å². The van der Waals surface area contributed by atoms with Crippen LogP contribution in [0.15, 0.2) is 40.7 Å². The maximum atomic E-state index is 13.9. The largest absolute Gasteiger partial charge is 0.468 e. The second-order valence-corrected chi connectivity index (χ2v) is 6.81. The Morgan fingerprint density at radius 1 is 1.39 bits per heavy atom. The first-order valence-corrected chi connectivity index (χ1v) is 9.49. The summed E-state index contributed by atoms with van der Waals surface area (Å²) in [6.45, 7) is 3.64. The van der Waals surface area contributed by atoms with E-state index in [1.165, 1.54) is 23.9 Å². The summed E-state index contributed by atoms with van der Waals surface area (Å²) in [6, 6.07) is 5.22. The summed E-state index contributed by atoms with van der Waals surface area (Å²) in [4.78, 5) is 28.4. The predicted molar refractivity (Wildman–Crippen MR) is 100 cm³/mol. The van der Waals surface area contributed by atoms with Crippen LogP contribution in [0.1, 0.15) is 25.5 Å². The quantitative estimate of drug-likeness (QED) is 0.578. The third kappa shape index (κ3) is 4.01. The molecule has 148 valence electrons. The molecule has 0 aliphatic carbocycles. The van der Waals surface area contributed by atoms with Crippen LogP contribution in [0.5, 0.6) is 0 Å². The number of hydrogen-bond donors (Lipinski definition) is 1. The van der Waals surface area contributed by atoms with E-state index in [0.29, 0.717) is 27.9 Å². The van der Waals surface area contributed by atoms with Gasteiger partial charge in [0.1, 0.15) is 11.9 Å². The lowest BCUT2D eigenvalue weighted by atomic mass is 9.96. The van der Waals surface area contributed by atoms with Gasteiger partial charge in [-0.2, -0.15) is 4.98 Å². The summed E-state index contributed by atoms with van der Waals surface area (Å²) in [5.74, 6) is -0.937. The highest BCUT2D eigenvalue weighted by molar-refractivity contribution is 7.99. The van der Waals surface area contributed by atoms with Crippen molar-refractivity contribution in [3.05, 3.63) is 46.9 Å². The summed E-state index contributed by atoms with van der Waals surface area (Å²) in [7, 11) is 1.30. The van der Waals surface area contributed by atoms with E-state index in [0.717, 1.165) is 11.8 Å². The van der Waals surface area contributed by atoms with Gasteiger partial charge in [0.2, 0.25) is 11.1 Å². The molecule has 8 nitrogen and oxygen atoms in total. The van der Waals surface area contributed by atoms with Crippen LogP contribution in [0, 0.1) is 5.82 Å². The molecule has 1 aromatic heterocycles. The normalized spacial score (nSPS) is 15.6. The SMILES string of the molecule is CCOC(=O)C1=C(C)Nc2nc(SCC(=O)OC)nn2C1c1cccc(F)c1. The Balaban J connectivity index is 2.04. The molecule has 0 fully saturated rings. The van der Waals surface area contributed by atoms with Gasteiger partial charge >= 0.3 is 11.9 Å². The Morgan fingerprint density at radius 2 is 2.18 bits per heavy atom. The van der Waals surface area contributed by atoms with Crippen molar-refractivity contribution < 1.29 is 23.5 Å². The molecule has 1 N–H and O–H groups in total. The molecule has 1 aliphatic rings. The van der Waals surface area contributed by atoms with Crippen molar-refractivity contribution in [3.8, 4) is 0 Å². The zero-order valence-electron chi connectivity index (χ0n) is 15.6. The van der Waals surface area contributed by atoms with E-state index < -0.39 is 23.8 Å². The average Bonchev–Trinajstić information content (AvgIpc) is 3.07. The molecule has 10 heteroatoms. The fourth-order valence-electron chi connectivity index (χ4n) is 2.83. The summed E-state index contributed by atoms with van der Waals surface area (Å²) in [5.41, 5.74) is 1.38. The first-order valence-electron chi connectivity index (χ1n) is 8.51. The van der Waals surface area contributed by atoms with E-state index in [1.54, 1.807) is 26.0 Å². The molecule has 0 saturated heterocycles. The van der Waals surface area contributed by atoms with Gasteiger partial charge in [0.15, 0.2) is 0 Å². The van der Waals surface area contributed by atoms with Crippen LogP contribution < -0.4 is 5.32 Å². The number of carbonyl (C=O) groups excluding carboxylic acids is 2. The molecule has 1 aromatic carbocycles. The van der Waals surface area contributed by atoms with E-state index in [1.807, 2.05) is 0 Å². The molecule has 28 heavy (non-hydrogen) atoms. The van der Waals surface area contributed by atoms with Crippen LogP contribution in [0.3, 0.4) is 0 Å². The summed E-state index contributed by atoms with van der Waals surface area (Å²) >= 11 is 1.10. The number of nitrogens with one attached hydrogen (secondary N) is 1. The molecule has 2 heterocycles. The number of aromatic nitrogens is 3. The third-order valence-electron chi connectivity index (χ3n) is 4.04. The van der Waals surface area contributed by atoms with Gasteiger partial charge in [0.25, 0.3) is 0 Å². The lowest BCUT2D eigenvalue weighted by Gasteiger charge is -2.28. The van der Waals surface area contributed by atoms with Gasteiger partial charge in [0.05, 0.1) is 25.0 Å². The Kier molecular flexibility index (Phi) is 5.98. The zero-order chi connectivity index (χ0) is 20.3. The second kappa shape index (κ2) is 8.42. The van der Waals surface area contributed by atoms with E-state index in [2.05, 4.69) is 20.1 Å². The minimum Gasteiger partial charge on any atom is -0.468 e. The molecular formula is C18H19FN4O4S. The van der Waals surface area contributed by atoms with Crippen molar-refractivity contribution in [2.24, 2.45) is 0 Å². The number of thioether (sulfide) groups is 1. The number of allylic oxidation sites excluding steroid dienone is 1. The Morgan fingerprint density at radius 3 is 2.86 bits per heavy atom. The molecule has 2 aromatic rings. The molecule has 0 saturated carbocycles. The van der Waals surface area contributed by atoms with E-state index >= 15 is 0 Å². The number of anilines is 1. The van der Waals surface area contributed by atoms with Crippen molar-refractivity contribution in [3.63, 3.8) is 0 Å². The number of methoxy groups -OCH3 is 1. The van der Waals surface area contributed by atoms with Crippen molar-refractivity contribution in [1.82, 2.24) is 14.8 Å². The van der Waals surface area contributed by atoms with Gasteiger partial charge in [-0.1, -0.05) is 23.9 Å². The zero-order valence-corrected chi connectivity index (χ0v) is 16.4. The molecule has 0 bridgehead atoms. The number of fused-ring (bicyclic) bond motifs is 1. The molecule has 0 radical (unpaired) electrons. The summed E-state index contributed by atoms with van der Waals surface area (Å²) < 4.78 is 25.2. The smallest absolute Gasteiger partial charge is 0.338 e. The number of ether oxygens (including phenoxy) is 2. The Labute approximate surface area is 165 Å². The molecule has 1 aliphatic heterocycles. The van der Waals surface area contributed by atoms with E-state index in [9.17, 15) is 14.0 Å². The van der Waals surface area contributed by atoms with Gasteiger partial charge in [-0.15, -0.1) is 5.10 Å². The Bertz CT molecular complexity index is 943. The minimum absolute atomic E-state index is 0.0434. The lowest BCUT2D eigenvalue weighted by molar-refractivity contribution is -0.139. The van der Waals surface area contributed by atoms with Crippen molar-refractivity contribution in [2.75, 3.05) is 24.8 Å². The number of rotatable bonds is 6. The molecule has 1 unspecified atom stereocenters. The fourth-order valence-corrected chi connectivity index (χ4v) is 3.49. The molecular weight excluding hydrogens is 387 g/mol. The second-order valence-electron chi connectivity index (χ2n) is 5.87. The van der Waals surface area contributed by atoms with Crippen LogP contribution >= 0.6 is 11.8 Å². The molecule has 0 amide bonds. The highest BCUT2D eigenvalue weighted by Gasteiger charge is 2.35. The number of benzene rings is 1. The first kappa shape index (κ1) is 19.9. The van der Waals surface area contributed by atoms with Crippen molar-refractivity contribution in [1.29, 1.82) is 0 Å². The Hall–Kier alpha value is -2.88. The fraction of sp³-hybridized carbons (Fsp3) is 0.333. The standard InChI is InChI=1S/C18H19FN4O4S/c1-4-27-16(25)14-10(2)20-17-21-18(28-9-13(24)26-3)22-23(17)15(14)11-6-5-7-12(19)8-11/h5-8,15H,4,9H2,1-3H3,(H,20,21,22). The number of esters is 2. The highest BCUT2D eigenvalue weighted by atomic mass is 32.2. The van der Waals surface area contributed by atoms with Crippen LogP contribution in [0.4, 0.5) is 10.3 Å². The average molecular weight is 406 g/mol. The minimum atomic E-state index is -0.717. The maximum absolute atomic E-state index is 13.9. The van der Waals surface area contributed by atoms with Crippen LogP contribution in [0.2, 0.25) is 0 Å². The first-order chi connectivity index (χ1) is 13.4. The lowest BCUT2D eigenvalue weighted by Crippen LogP contribution is -2.29. The van der Waals surface area contributed by atoms with Crippen LogP contribution in [0.25, 0.3) is 0 Å². The topological polar surface area (TPSA) is 95.3 Å². The number of hydrogen-bond acceptors (Lipinski definition) is 8. The molecule has 1 atom stereocenters. The van der Waals surface area contributed by atoms with Gasteiger partial charge in [-0.05, 0) is 31.5 Å². The predicted octanol–water partition coefficient (Wildman–Crippen LogP) is 2.53. The maximum Gasteiger partial charge on any atom is 0.338 e.